The van der Waals surface area contributed by atoms with Crippen LogP contribution in [0.3, 0.4) is 0 Å². The maximum Gasteiger partial charge on any atom is 0.274 e. The van der Waals surface area contributed by atoms with E-state index in [1.165, 1.54) is 4.68 Å². The Bertz CT molecular complexity index is 1200. The molecule has 2 aromatic carbocycles. The van der Waals surface area contributed by atoms with Gasteiger partial charge in [0.15, 0.2) is 5.69 Å². The number of carbonyl (C=O) groups excluding carboxylic acids is 1. The molecule has 144 valence electrons. The van der Waals surface area contributed by atoms with Crippen molar-refractivity contribution in [1.82, 2.24) is 19.7 Å². The summed E-state index contributed by atoms with van der Waals surface area (Å²) in [4.78, 5) is 31.8. The number of carbonyl (C=O) groups is 1. The zero-order chi connectivity index (χ0) is 20.2. The lowest BCUT2D eigenvalue weighted by Crippen LogP contribution is -2.32. The summed E-state index contributed by atoms with van der Waals surface area (Å²) in [5, 5.41) is 5.50. The monoisotopic (exact) mass is 384 g/mol. The summed E-state index contributed by atoms with van der Waals surface area (Å²) in [6.07, 6.45) is 3.42. The van der Waals surface area contributed by atoms with Crippen LogP contribution < -0.4 is 5.56 Å². The van der Waals surface area contributed by atoms with Crippen LogP contribution in [0.15, 0.2) is 83.9 Å². The number of pyridine rings is 1. The van der Waals surface area contributed by atoms with Gasteiger partial charge < -0.3 is 4.90 Å². The largest absolute Gasteiger partial charge is 0.336 e. The first kappa shape index (κ1) is 18.6. The van der Waals surface area contributed by atoms with E-state index in [4.69, 9.17) is 0 Å². The molecule has 0 saturated carbocycles. The van der Waals surface area contributed by atoms with Crippen molar-refractivity contribution in [2.75, 3.05) is 7.05 Å². The number of nitrogens with zero attached hydrogens (tertiary/aromatic N) is 4. The van der Waals surface area contributed by atoms with Crippen molar-refractivity contribution in [1.29, 1.82) is 0 Å². The lowest BCUT2D eigenvalue weighted by atomic mass is 10.1. The Labute approximate surface area is 168 Å². The summed E-state index contributed by atoms with van der Waals surface area (Å²) in [7, 11) is 1.72. The molecule has 0 aliphatic heterocycles. The number of aromatic nitrogens is 3. The molecule has 0 N–H and O–H groups in total. The molecule has 0 spiro atoms. The normalized spacial score (nSPS) is 10.8. The first-order chi connectivity index (χ1) is 14.1. The van der Waals surface area contributed by atoms with Crippen molar-refractivity contribution in [3.05, 3.63) is 106 Å². The lowest BCUT2D eigenvalue weighted by Gasteiger charge is -2.18. The van der Waals surface area contributed by atoms with Crippen LogP contribution in [0.25, 0.3) is 10.8 Å². The number of hydrogen-bond donors (Lipinski definition) is 0. The van der Waals surface area contributed by atoms with Gasteiger partial charge >= 0.3 is 0 Å². The van der Waals surface area contributed by atoms with Gasteiger partial charge in [-0.15, -0.1) is 0 Å². The van der Waals surface area contributed by atoms with E-state index in [1.54, 1.807) is 42.5 Å². The Morgan fingerprint density at radius 2 is 1.62 bits per heavy atom. The van der Waals surface area contributed by atoms with E-state index in [2.05, 4.69) is 10.1 Å². The second-order valence-corrected chi connectivity index (χ2v) is 6.87. The lowest BCUT2D eigenvalue weighted by molar-refractivity contribution is 0.0778. The van der Waals surface area contributed by atoms with Crippen LogP contribution in [-0.2, 0) is 13.1 Å². The van der Waals surface area contributed by atoms with Gasteiger partial charge in [-0.3, -0.25) is 14.6 Å². The summed E-state index contributed by atoms with van der Waals surface area (Å²) in [6, 6.07) is 20.5. The van der Waals surface area contributed by atoms with E-state index in [0.717, 1.165) is 11.1 Å². The predicted octanol–water partition coefficient (Wildman–Crippen LogP) is 3.11. The molecule has 0 unspecified atom stereocenters. The molecule has 6 nitrogen and oxygen atoms in total. The predicted molar refractivity (Wildman–Crippen MR) is 112 cm³/mol. The molecule has 0 aliphatic rings. The van der Waals surface area contributed by atoms with Crippen LogP contribution in [0, 0.1) is 0 Å². The van der Waals surface area contributed by atoms with Gasteiger partial charge in [0.25, 0.3) is 11.5 Å². The Morgan fingerprint density at radius 1 is 0.931 bits per heavy atom. The van der Waals surface area contributed by atoms with Crippen molar-refractivity contribution >= 4 is 16.7 Å². The fourth-order valence-corrected chi connectivity index (χ4v) is 3.27. The van der Waals surface area contributed by atoms with Gasteiger partial charge in [-0.2, -0.15) is 5.10 Å². The highest BCUT2D eigenvalue weighted by atomic mass is 16.2. The molecule has 0 atom stereocenters. The van der Waals surface area contributed by atoms with Crippen LogP contribution in [0.1, 0.15) is 21.6 Å². The molecule has 2 heterocycles. The fraction of sp³-hybridized carbons (Fsp3) is 0.130. The number of amides is 1. The van der Waals surface area contributed by atoms with Gasteiger partial charge in [0.05, 0.1) is 11.9 Å². The van der Waals surface area contributed by atoms with E-state index in [9.17, 15) is 9.59 Å². The molecule has 4 aromatic rings. The summed E-state index contributed by atoms with van der Waals surface area (Å²) in [5.41, 5.74) is 1.92. The van der Waals surface area contributed by atoms with Gasteiger partial charge in [0, 0.05) is 31.4 Å². The van der Waals surface area contributed by atoms with Crippen molar-refractivity contribution in [3.63, 3.8) is 0 Å². The zero-order valence-corrected chi connectivity index (χ0v) is 16.0. The van der Waals surface area contributed by atoms with E-state index in [1.807, 2.05) is 48.5 Å². The summed E-state index contributed by atoms with van der Waals surface area (Å²) >= 11 is 0. The van der Waals surface area contributed by atoms with Crippen LogP contribution in [0.5, 0.6) is 0 Å². The molecule has 0 saturated heterocycles. The highest BCUT2D eigenvalue weighted by Crippen LogP contribution is 2.16. The summed E-state index contributed by atoms with van der Waals surface area (Å²) in [6.45, 7) is 0.706. The zero-order valence-electron chi connectivity index (χ0n) is 16.0. The SMILES string of the molecule is CN(Cc1cccnc1)C(=O)c1nn(Cc2ccccc2)c(=O)c2ccccc12. The maximum absolute atomic E-state index is 13.2. The first-order valence-corrected chi connectivity index (χ1v) is 9.31. The van der Waals surface area contributed by atoms with Crippen LogP contribution in [0.4, 0.5) is 0 Å². The minimum Gasteiger partial charge on any atom is -0.336 e. The molecule has 0 fully saturated rings. The molecule has 4 rings (SSSR count). The maximum atomic E-state index is 13.2. The van der Waals surface area contributed by atoms with Gasteiger partial charge in [-0.1, -0.05) is 54.6 Å². The Hall–Kier alpha value is -3.80. The van der Waals surface area contributed by atoms with E-state index < -0.39 is 0 Å². The second-order valence-electron chi connectivity index (χ2n) is 6.87. The van der Waals surface area contributed by atoms with Crippen molar-refractivity contribution in [2.24, 2.45) is 0 Å². The van der Waals surface area contributed by atoms with Crippen LogP contribution >= 0.6 is 0 Å². The summed E-state index contributed by atoms with van der Waals surface area (Å²) in [5.74, 6) is -0.244. The minimum atomic E-state index is -0.244. The van der Waals surface area contributed by atoms with Crippen LogP contribution in [-0.4, -0.2) is 32.6 Å². The Kier molecular flexibility index (Phi) is 5.16. The average Bonchev–Trinajstić information content (AvgIpc) is 2.77. The fourth-order valence-electron chi connectivity index (χ4n) is 3.27. The molecule has 1 amide bonds. The van der Waals surface area contributed by atoms with Gasteiger partial charge in [-0.25, -0.2) is 4.68 Å². The number of hydrogen-bond acceptors (Lipinski definition) is 4. The number of benzene rings is 2. The van der Waals surface area contributed by atoms with Crippen LogP contribution in [0.2, 0.25) is 0 Å². The van der Waals surface area contributed by atoms with Crippen molar-refractivity contribution in [2.45, 2.75) is 13.1 Å². The van der Waals surface area contributed by atoms with E-state index in [0.29, 0.717) is 23.9 Å². The minimum absolute atomic E-state index is 0.212. The quantitative estimate of drug-likeness (QED) is 0.530. The van der Waals surface area contributed by atoms with Gasteiger partial charge in [0.2, 0.25) is 0 Å². The Balaban J connectivity index is 1.75. The molecule has 6 heteroatoms. The van der Waals surface area contributed by atoms with Crippen molar-refractivity contribution in [3.8, 4) is 0 Å². The second kappa shape index (κ2) is 8.06. The molecular weight excluding hydrogens is 364 g/mol. The van der Waals surface area contributed by atoms with Gasteiger partial charge in [-0.05, 0) is 23.3 Å². The van der Waals surface area contributed by atoms with Gasteiger partial charge in [0.1, 0.15) is 0 Å². The Morgan fingerprint density at radius 3 is 2.34 bits per heavy atom. The highest BCUT2D eigenvalue weighted by Gasteiger charge is 2.20. The molecule has 29 heavy (non-hydrogen) atoms. The smallest absolute Gasteiger partial charge is 0.274 e. The molecule has 2 aromatic heterocycles. The molecule has 0 radical (unpaired) electrons. The standard InChI is InChI=1S/C23H20N4O2/c1-26(15-18-10-7-13-24-14-18)23(29)21-19-11-5-6-12-20(19)22(28)27(25-21)16-17-8-3-2-4-9-17/h2-14H,15-16H2,1H3. The van der Waals surface area contributed by atoms with Crippen molar-refractivity contribution < 1.29 is 4.79 Å². The number of rotatable bonds is 5. The topological polar surface area (TPSA) is 68.1 Å². The number of fused-ring (bicyclic) bond motifs is 1. The molecule has 0 aliphatic carbocycles. The van der Waals surface area contributed by atoms with E-state index >= 15 is 0 Å². The summed E-state index contributed by atoms with van der Waals surface area (Å²) < 4.78 is 1.36. The third kappa shape index (κ3) is 3.91. The third-order valence-electron chi connectivity index (χ3n) is 4.73. The average molecular weight is 384 g/mol. The van der Waals surface area contributed by atoms with E-state index in [-0.39, 0.29) is 17.2 Å². The highest BCUT2D eigenvalue weighted by molar-refractivity contribution is 6.04. The third-order valence-corrected chi connectivity index (χ3v) is 4.73. The first-order valence-electron chi connectivity index (χ1n) is 9.31. The molecular formula is C23H20N4O2. The molecule has 0 bridgehead atoms.